The maximum Gasteiger partial charge on any atom is 0.260 e. The van der Waals surface area contributed by atoms with E-state index in [9.17, 15) is 9.90 Å². The average molecular weight is 293 g/mol. The highest BCUT2D eigenvalue weighted by atomic mass is 16.5. The predicted octanol–water partition coefficient (Wildman–Crippen LogP) is 3.42. The lowest BCUT2D eigenvalue weighted by Crippen LogP contribution is -2.10. The lowest BCUT2D eigenvalue weighted by atomic mass is 10.0. The number of benzene rings is 2. The van der Waals surface area contributed by atoms with Crippen LogP contribution in [0.4, 0.5) is 0 Å². The Morgan fingerprint density at radius 2 is 1.64 bits per heavy atom. The standard InChI is InChI=1S/C18H15NO3/c1-22-14-9-7-12(8-10-14)15-11-16(20)17(18(21)19-15)13-5-3-2-4-6-13/h2-11H,1H3,(H2,19,20,21). The van der Waals surface area contributed by atoms with Crippen LogP contribution in [-0.2, 0) is 0 Å². The summed E-state index contributed by atoms with van der Waals surface area (Å²) in [5.41, 5.74) is 2.00. The molecule has 110 valence electrons. The first kappa shape index (κ1) is 13.9. The van der Waals surface area contributed by atoms with E-state index in [1.54, 1.807) is 37.4 Å². The van der Waals surface area contributed by atoms with Crippen molar-refractivity contribution >= 4 is 0 Å². The van der Waals surface area contributed by atoms with Crippen LogP contribution in [0.3, 0.4) is 0 Å². The van der Waals surface area contributed by atoms with Crippen molar-refractivity contribution < 1.29 is 9.84 Å². The summed E-state index contributed by atoms with van der Waals surface area (Å²) in [4.78, 5) is 15.1. The number of aromatic amines is 1. The Morgan fingerprint density at radius 3 is 2.23 bits per heavy atom. The van der Waals surface area contributed by atoms with Crippen molar-refractivity contribution in [2.24, 2.45) is 0 Å². The van der Waals surface area contributed by atoms with E-state index >= 15 is 0 Å². The Kier molecular flexibility index (Phi) is 3.66. The maximum atomic E-state index is 12.3. The Morgan fingerprint density at radius 1 is 0.955 bits per heavy atom. The summed E-state index contributed by atoms with van der Waals surface area (Å²) in [5.74, 6) is 0.692. The van der Waals surface area contributed by atoms with E-state index in [2.05, 4.69) is 4.98 Å². The highest BCUT2D eigenvalue weighted by Crippen LogP contribution is 2.29. The molecular formula is C18H15NO3. The van der Waals surface area contributed by atoms with E-state index in [1.807, 2.05) is 30.3 Å². The van der Waals surface area contributed by atoms with Gasteiger partial charge in [-0.3, -0.25) is 4.79 Å². The lowest BCUT2D eigenvalue weighted by Gasteiger charge is -2.08. The van der Waals surface area contributed by atoms with Crippen molar-refractivity contribution in [3.63, 3.8) is 0 Å². The molecule has 4 nitrogen and oxygen atoms in total. The van der Waals surface area contributed by atoms with E-state index in [4.69, 9.17) is 4.74 Å². The zero-order valence-electron chi connectivity index (χ0n) is 12.0. The van der Waals surface area contributed by atoms with Crippen LogP contribution in [0.25, 0.3) is 22.4 Å². The molecular weight excluding hydrogens is 278 g/mol. The largest absolute Gasteiger partial charge is 0.507 e. The van der Waals surface area contributed by atoms with E-state index < -0.39 is 0 Å². The molecule has 2 aromatic carbocycles. The molecule has 4 heteroatoms. The Labute approximate surface area is 127 Å². The molecule has 0 radical (unpaired) electrons. The molecule has 0 aliphatic heterocycles. The lowest BCUT2D eigenvalue weighted by molar-refractivity contribution is 0.415. The van der Waals surface area contributed by atoms with Gasteiger partial charge in [-0.25, -0.2) is 0 Å². The fraction of sp³-hybridized carbons (Fsp3) is 0.0556. The molecule has 0 amide bonds. The molecule has 1 aromatic heterocycles. The van der Waals surface area contributed by atoms with Gasteiger partial charge in [0.05, 0.1) is 18.4 Å². The number of nitrogens with one attached hydrogen (secondary N) is 1. The van der Waals surface area contributed by atoms with E-state index in [1.165, 1.54) is 0 Å². The normalized spacial score (nSPS) is 10.4. The number of hydrogen-bond acceptors (Lipinski definition) is 3. The van der Waals surface area contributed by atoms with Gasteiger partial charge in [-0.2, -0.15) is 0 Å². The van der Waals surface area contributed by atoms with Gasteiger partial charge in [0.1, 0.15) is 11.5 Å². The Hall–Kier alpha value is -3.01. The molecule has 0 bridgehead atoms. The molecule has 0 atom stereocenters. The summed E-state index contributed by atoms with van der Waals surface area (Å²) in [6.45, 7) is 0. The van der Waals surface area contributed by atoms with E-state index in [-0.39, 0.29) is 16.9 Å². The zero-order chi connectivity index (χ0) is 15.5. The monoisotopic (exact) mass is 293 g/mol. The van der Waals surface area contributed by atoms with Gasteiger partial charge in [-0.1, -0.05) is 30.3 Å². The fourth-order valence-corrected chi connectivity index (χ4v) is 2.36. The summed E-state index contributed by atoms with van der Waals surface area (Å²) in [5, 5.41) is 10.2. The summed E-state index contributed by atoms with van der Waals surface area (Å²) in [7, 11) is 1.59. The number of H-pyrrole nitrogens is 1. The second kappa shape index (κ2) is 5.77. The summed E-state index contributed by atoms with van der Waals surface area (Å²) in [6.07, 6.45) is 0. The van der Waals surface area contributed by atoms with Crippen molar-refractivity contribution in [2.75, 3.05) is 7.11 Å². The minimum Gasteiger partial charge on any atom is -0.507 e. The zero-order valence-corrected chi connectivity index (χ0v) is 12.0. The number of hydrogen-bond donors (Lipinski definition) is 2. The molecule has 0 spiro atoms. The number of rotatable bonds is 3. The number of ether oxygens (including phenoxy) is 1. The van der Waals surface area contributed by atoms with E-state index in [0.29, 0.717) is 11.3 Å². The molecule has 0 aliphatic carbocycles. The average Bonchev–Trinajstić information content (AvgIpc) is 2.55. The molecule has 3 aromatic rings. The highest BCUT2D eigenvalue weighted by molar-refractivity contribution is 5.73. The fourth-order valence-electron chi connectivity index (χ4n) is 2.36. The summed E-state index contributed by atoms with van der Waals surface area (Å²) >= 11 is 0. The number of aromatic nitrogens is 1. The van der Waals surface area contributed by atoms with Gasteiger partial charge in [-0.15, -0.1) is 0 Å². The van der Waals surface area contributed by atoms with Gasteiger partial charge >= 0.3 is 0 Å². The van der Waals surface area contributed by atoms with Crippen LogP contribution in [0, 0.1) is 0 Å². The first-order chi connectivity index (χ1) is 10.7. The van der Waals surface area contributed by atoms with Crippen LogP contribution in [0.1, 0.15) is 0 Å². The molecule has 0 aliphatic rings. The maximum absolute atomic E-state index is 12.3. The minimum absolute atomic E-state index is 0.0410. The second-order valence-electron chi connectivity index (χ2n) is 4.87. The molecule has 22 heavy (non-hydrogen) atoms. The van der Waals surface area contributed by atoms with Gasteiger partial charge in [-0.05, 0) is 35.4 Å². The van der Waals surface area contributed by atoms with Crippen molar-refractivity contribution in [3.8, 4) is 33.9 Å². The van der Waals surface area contributed by atoms with Crippen LogP contribution in [-0.4, -0.2) is 17.2 Å². The van der Waals surface area contributed by atoms with Gasteiger partial charge < -0.3 is 14.8 Å². The third-order valence-electron chi connectivity index (χ3n) is 3.48. The Balaban J connectivity index is 2.07. The molecule has 0 unspecified atom stereocenters. The van der Waals surface area contributed by atoms with Crippen LogP contribution < -0.4 is 10.3 Å². The summed E-state index contributed by atoms with van der Waals surface area (Å²) in [6, 6.07) is 17.9. The van der Waals surface area contributed by atoms with Gasteiger partial charge in [0.25, 0.3) is 5.56 Å². The van der Waals surface area contributed by atoms with Crippen LogP contribution in [0.15, 0.2) is 65.5 Å². The van der Waals surface area contributed by atoms with Crippen molar-refractivity contribution in [1.82, 2.24) is 4.98 Å². The van der Waals surface area contributed by atoms with E-state index in [0.717, 1.165) is 11.3 Å². The van der Waals surface area contributed by atoms with Crippen molar-refractivity contribution in [3.05, 3.63) is 71.0 Å². The third kappa shape index (κ3) is 2.59. The molecule has 1 heterocycles. The molecule has 3 rings (SSSR count). The predicted molar refractivity (Wildman–Crippen MR) is 86.2 cm³/mol. The molecule has 0 saturated carbocycles. The number of aromatic hydroxyl groups is 1. The molecule has 0 fully saturated rings. The quantitative estimate of drug-likeness (QED) is 0.777. The minimum atomic E-state index is -0.322. The number of pyridine rings is 1. The van der Waals surface area contributed by atoms with Crippen LogP contribution >= 0.6 is 0 Å². The van der Waals surface area contributed by atoms with Crippen LogP contribution in [0.5, 0.6) is 11.5 Å². The van der Waals surface area contributed by atoms with Crippen molar-refractivity contribution in [2.45, 2.75) is 0 Å². The topological polar surface area (TPSA) is 62.3 Å². The first-order valence-electron chi connectivity index (χ1n) is 6.85. The Bertz CT molecular complexity index is 836. The SMILES string of the molecule is COc1ccc(-c2cc(O)c(-c3ccccc3)c(=O)[nH]2)cc1. The van der Waals surface area contributed by atoms with Gasteiger partial charge in [0.15, 0.2) is 0 Å². The molecule has 0 saturated heterocycles. The second-order valence-corrected chi connectivity index (χ2v) is 4.87. The summed E-state index contributed by atoms with van der Waals surface area (Å²) < 4.78 is 5.11. The van der Waals surface area contributed by atoms with Gasteiger partial charge in [0.2, 0.25) is 0 Å². The smallest absolute Gasteiger partial charge is 0.260 e. The first-order valence-corrected chi connectivity index (χ1v) is 6.85. The highest BCUT2D eigenvalue weighted by Gasteiger charge is 2.11. The van der Waals surface area contributed by atoms with Gasteiger partial charge in [0, 0.05) is 6.07 Å². The molecule has 2 N–H and O–H groups in total. The third-order valence-corrected chi connectivity index (χ3v) is 3.48. The number of methoxy groups -OCH3 is 1. The van der Waals surface area contributed by atoms with Crippen molar-refractivity contribution in [1.29, 1.82) is 0 Å². The van der Waals surface area contributed by atoms with Crippen LogP contribution in [0.2, 0.25) is 0 Å².